The number of rotatable bonds is 5. The summed E-state index contributed by atoms with van der Waals surface area (Å²) in [5.41, 5.74) is 4.29. The molecule has 0 aliphatic heterocycles. The van der Waals surface area contributed by atoms with Crippen LogP contribution in [0.25, 0.3) is 5.57 Å². The number of carbonyl (C=O) groups is 2. The van der Waals surface area contributed by atoms with Gasteiger partial charge in [0.15, 0.2) is 5.82 Å². The van der Waals surface area contributed by atoms with Crippen LogP contribution in [0.2, 0.25) is 0 Å². The van der Waals surface area contributed by atoms with Crippen molar-refractivity contribution in [3.8, 4) is 0 Å². The molecule has 2 N–H and O–H groups in total. The fraction of sp³-hybridized carbons (Fsp3) is 0.500. The first-order valence-electron chi connectivity index (χ1n) is 11.3. The third-order valence-corrected chi connectivity index (χ3v) is 6.92. The zero-order valence-electron chi connectivity index (χ0n) is 18.8. The van der Waals surface area contributed by atoms with Crippen molar-refractivity contribution >= 4 is 17.1 Å². The van der Waals surface area contributed by atoms with E-state index in [4.69, 9.17) is 0 Å². The summed E-state index contributed by atoms with van der Waals surface area (Å²) < 4.78 is 0. The number of carbonyl (C=O) groups excluding carboxylic acids is 2. The first-order chi connectivity index (χ1) is 14.7. The fourth-order valence-electron chi connectivity index (χ4n) is 4.68. The SMILES string of the molecule is Cc1cnc(C(=O)Cc2ccc(C3(O)CCC(=O)CC3)cc2C2=CCC(C)(C)CC2)[nH]1. The van der Waals surface area contributed by atoms with Crippen LogP contribution >= 0.6 is 0 Å². The first kappa shape index (κ1) is 21.7. The van der Waals surface area contributed by atoms with Crippen LogP contribution in [0.4, 0.5) is 0 Å². The molecule has 1 fully saturated rings. The van der Waals surface area contributed by atoms with Crippen molar-refractivity contribution in [2.24, 2.45) is 5.41 Å². The monoisotopic (exact) mass is 420 g/mol. The zero-order valence-corrected chi connectivity index (χ0v) is 18.8. The molecule has 4 rings (SSSR count). The number of nitrogens with zero attached hydrogens (tertiary/aromatic N) is 1. The molecule has 164 valence electrons. The number of aryl methyl sites for hydroxylation is 1. The summed E-state index contributed by atoms with van der Waals surface area (Å²) in [7, 11) is 0. The minimum Gasteiger partial charge on any atom is -0.385 e. The summed E-state index contributed by atoms with van der Waals surface area (Å²) in [6.45, 7) is 6.44. The molecule has 0 spiro atoms. The number of imidazole rings is 1. The highest BCUT2D eigenvalue weighted by atomic mass is 16.3. The van der Waals surface area contributed by atoms with Crippen molar-refractivity contribution in [3.05, 3.63) is 58.7 Å². The van der Waals surface area contributed by atoms with E-state index in [9.17, 15) is 14.7 Å². The lowest BCUT2D eigenvalue weighted by atomic mass is 9.74. The van der Waals surface area contributed by atoms with Crippen LogP contribution < -0.4 is 0 Å². The molecule has 1 aromatic carbocycles. The maximum Gasteiger partial charge on any atom is 0.202 e. The number of nitrogens with one attached hydrogen (secondary N) is 1. The van der Waals surface area contributed by atoms with E-state index in [1.807, 2.05) is 19.1 Å². The van der Waals surface area contributed by atoms with Gasteiger partial charge in [0.1, 0.15) is 5.78 Å². The Morgan fingerprint density at radius 1 is 1.16 bits per heavy atom. The Balaban J connectivity index is 1.69. The molecule has 2 aliphatic rings. The minimum atomic E-state index is -0.974. The van der Waals surface area contributed by atoms with Gasteiger partial charge in [-0.2, -0.15) is 0 Å². The lowest BCUT2D eigenvalue weighted by Crippen LogP contribution is -2.31. The number of aromatic nitrogens is 2. The molecule has 0 radical (unpaired) electrons. The van der Waals surface area contributed by atoms with Gasteiger partial charge in [-0.25, -0.2) is 4.98 Å². The standard InChI is InChI=1S/C26H32N2O3/c1-17-16-27-24(28-17)23(30)14-19-4-5-20(26(31)12-8-21(29)9-13-26)15-22(19)18-6-10-25(2,3)11-7-18/h4-6,15-16,31H,7-14H2,1-3H3,(H,27,28). The highest BCUT2D eigenvalue weighted by Gasteiger charge is 2.35. The Morgan fingerprint density at radius 3 is 2.52 bits per heavy atom. The van der Waals surface area contributed by atoms with E-state index in [2.05, 4.69) is 36.0 Å². The second kappa shape index (κ2) is 8.19. The molecule has 0 bridgehead atoms. The Labute approximate surface area is 184 Å². The maximum atomic E-state index is 12.9. The summed E-state index contributed by atoms with van der Waals surface area (Å²) in [4.78, 5) is 31.8. The van der Waals surface area contributed by atoms with Gasteiger partial charge in [-0.1, -0.05) is 32.1 Å². The lowest BCUT2D eigenvalue weighted by molar-refractivity contribution is -0.125. The predicted molar refractivity (Wildman–Crippen MR) is 121 cm³/mol. The molecular formula is C26H32N2O3. The Kier molecular flexibility index (Phi) is 5.73. The Morgan fingerprint density at radius 2 is 1.90 bits per heavy atom. The summed E-state index contributed by atoms with van der Waals surface area (Å²) in [6.07, 6.45) is 9.02. The van der Waals surface area contributed by atoms with Gasteiger partial charge in [-0.05, 0) is 72.8 Å². The summed E-state index contributed by atoms with van der Waals surface area (Å²) >= 11 is 0. The van der Waals surface area contributed by atoms with Crippen LogP contribution in [-0.4, -0.2) is 26.6 Å². The first-order valence-corrected chi connectivity index (χ1v) is 11.3. The predicted octanol–water partition coefficient (Wildman–Crippen LogP) is 5.07. The number of Topliss-reactive ketones (excluding diaryl/α,β-unsaturated/α-hetero) is 2. The number of hydrogen-bond donors (Lipinski definition) is 2. The quantitative estimate of drug-likeness (QED) is 0.662. The number of allylic oxidation sites excluding steroid dienone is 2. The molecule has 0 amide bonds. The van der Waals surface area contributed by atoms with E-state index in [1.54, 1.807) is 6.20 Å². The molecular weight excluding hydrogens is 388 g/mol. The average molecular weight is 421 g/mol. The molecule has 5 nitrogen and oxygen atoms in total. The van der Waals surface area contributed by atoms with Crippen molar-refractivity contribution in [2.45, 2.75) is 77.7 Å². The van der Waals surface area contributed by atoms with Gasteiger partial charge >= 0.3 is 0 Å². The normalized spacial score (nSPS) is 20.4. The van der Waals surface area contributed by atoms with Gasteiger partial charge in [0, 0.05) is 31.2 Å². The van der Waals surface area contributed by atoms with Crippen molar-refractivity contribution in [1.29, 1.82) is 0 Å². The number of H-pyrrole nitrogens is 1. The smallest absolute Gasteiger partial charge is 0.202 e. The van der Waals surface area contributed by atoms with Gasteiger partial charge in [0.25, 0.3) is 0 Å². The van der Waals surface area contributed by atoms with Crippen LogP contribution in [0.1, 0.15) is 91.8 Å². The molecule has 2 aromatic rings. The number of aromatic amines is 1. The topological polar surface area (TPSA) is 83.0 Å². The fourth-order valence-corrected chi connectivity index (χ4v) is 4.68. The molecule has 5 heteroatoms. The number of aliphatic hydroxyl groups is 1. The van der Waals surface area contributed by atoms with E-state index < -0.39 is 5.60 Å². The molecule has 31 heavy (non-hydrogen) atoms. The van der Waals surface area contributed by atoms with Crippen LogP contribution in [-0.2, 0) is 16.8 Å². The van der Waals surface area contributed by atoms with Gasteiger partial charge in [-0.3, -0.25) is 9.59 Å². The summed E-state index contributed by atoms with van der Waals surface area (Å²) in [6, 6.07) is 5.98. The van der Waals surface area contributed by atoms with E-state index >= 15 is 0 Å². The molecule has 0 unspecified atom stereocenters. The minimum absolute atomic E-state index is 0.0409. The molecule has 1 heterocycles. The van der Waals surface area contributed by atoms with Gasteiger partial charge < -0.3 is 10.1 Å². The molecule has 1 aromatic heterocycles. The van der Waals surface area contributed by atoms with Crippen molar-refractivity contribution in [3.63, 3.8) is 0 Å². The van der Waals surface area contributed by atoms with Gasteiger partial charge in [0.05, 0.1) is 5.60 Å². The second-order valence-corrected chi connectivity index (χ2v) is 10.1. The van der Waals surface area contributed by atoms with E-state index in [0.717, 1.165) is 41.6 Å². The van der Waals surface area contributed by atoms with E-state index in [1.165, 1.54) is 5.57 Å². The van der Waals surface area contributed by atoms with Crippen LogP contribution in [0.3, 0.4) is 0 Å². The third kappa shape index (κ3) is 4.72. The van der Waals surface area contributed by atoms with Crippen molar-refractivity contribution in [2.75, 3.05) is 0 Å². The van der Waals surface area contributed by atoms with Crippen molar-refractivity contribution in [1.82, 2.24) is 9.97 Å². The van der Waals surface area contributed by atoms with Gasteiger partial charge in [-0.15, -0.1) is 0 Å². The highest BCUT2D eigenvalue weighted by Crippen LogP contribution is 2.41. The number of hydrogen-bond acceptors (Lipinski definition) is 4. The van der Waals surface area contributed by atoms with Crippen molar-refractivity contribution < 1.29 is 14.7 Å². The average Bonchev–Trinajstić information content (AvgIpc) is 3.17. The van der Waals surface area contributed by atoms with E-state index in [-0.39, 0.29) is 23.4 Å². The number of benzene rings is 1. The van der Waals surface area contributed by atoms with Crippen LogP contribution in [0.15, 0.2) is 30.5 Å². The summed E-state index contributed by atoms with van der Waals surface area (Å²) in [5.74, 6) is 0.564. The summed E-state index contributed by atoms with van der Waals surface area (Å²) in [5, 5.41) is 11.3. The van der Waals surface area contributed by atoms with Crippen LogP contribution in [0.5, 0.6) is 0 Å². The van der Waals surface area contributed by atoms with Gasteiger partial charge in [0.2, 0.25) is 5.78 Å². The molecule has 2 aliphatic carbocycles. The second-order valence-electron chi connectivity index (χ2n) is 10.1. The Hall–Kier alpha value is -2.53. The number of ketones is 2. The zero-order chi connectivity index (χ0) is 22.2. The largest absolute Gasteiger partial charge is 0.385 e. The lowest BCUT2D eigenvalue weighted by Gasteiger charge is -2.33. The van der Waals surface area contributed by atoms with Crippen LogP contribution in [0, 0.1) is 12.3 Å². The molecule has 0 saturated heterocycles. The Bertz CT molecular complexity index is 1030. The highest BCUT2D eigenvalue weighted by molar-refractivity contribution is 5.95. The maximum absolute atomic E-state index is 12.9. The third-order valence-electron chi connectivity index (χ3n) is 6.92. The van der Waals surface area contributed by atoms with E-state index in [0.29, 0.717) is 31.5 Å². The molecule has 1 saturated carbocycles. The molecule has 0 atom stereocenters.